The van der Waals surface area contributed by atoms with Crippen molar-refractivity contribution in [1.29, 1.82) is 0 Å². The summed E-state index contributed by atoms with van der Waals surface area (Å²) in [5.74, 6) is 1.50. The summed E-state index contributed by atoms with van der Waals surface area (Å²) in [6.45, 7) is 4.69. The molecule has 3 aromatic rings. The van der Waals surface area contributed by atoms with Gasteiger partial charge in [0, 0.05) is 11.6 Å². The highest BCUT2D eigenvalue weighted by molar-refractivity contribution is 8.00. The third-order valence-corrected chi connectivity index (χ3v) is 6.95. The van der Waals surface area contributed by atoms with E-state index in [0.717, 1.165) is 23.2 Å². The SMILES string of the molecule is Cc1ccc(NC(=O)C(C)Sc2nnc(C3CCCCC3)n2Cc2ccccc2)cc1. The molecule has 2 aromatic carbocycles. The number of nitrogens with zero attached hydrogens (tertiary/aromatic N) is 3. The molecule has 0 bridgehead atoms. The van der Waals surface area contributed by atoms with E-state index in [0.29, 0.717) is 5.92 Å². The molecule has 0 spiro atoms. The summed E-state index contributed by atoms with van der Waals surface area (Å²) in [6, 6.07) is 18.3. The maximum Gasteiger partial charge on any atom is 0.237 e. The third kappa shape index (κ3) is 5.56. The second kappa shape index (κ2) is 10.1. The van der Waals surface area contributed by atoms with Crippen LogP contribution in [0.4, 0.5) is 5.69 Å². The molecule has 0 saturated heterocycles. The first kappa shape index (κ1) is 21.6. The zero-order valence-corrected chi connectivity index (χ0v) is 19.1. The molecule has 5 nitrogen and oxygen atoms in total. The molecule has 162 valence electrons. The van der Waals surface area contributed by atoms with Gasteiger partial charge in [-0.3, -0.25) is 4.79 Å². The minimum absolute atomic E-state index is 0.0256. The Morgan fingerprint density at radius 2 is 1.77 bits per heavy atom. The van der Waals surface area contributed by atoms with Crippen molar-refractivity contribution in [2.45, 2.75) is 68.8 Å². The lowest BCUT2D eigenvalue weighted by atomic mass is 9.88. The van der Waals surface area contributed by atoms with E-state index in [4.69, 9.17) is 0 Å². The van der Waals surface area contributed by atoms with E-state index in [1.165, 1.54) is 55.0 Å². The lowest BCUT2D eigenvalue weighted by Crippen LogP contribution is -2.23. The number of thioether (sulfide) groups is 1. The maximum absolute atomic E-state index is 12.8. The molecule has 1 atom stereocenters. The van der Waals surface area contributed by atoms with Crippen LogP contribution < -0.4 is 5.32 Å². The predicted molar refractivity (Wildman–Crippen MR) is 127 cm³/mol. The fourth-order valence-corrected chi connectivity index (χ4v) is 4.91. The van der Waals surface area contributed by atoms with E-state index < -0.39 is 0 Å². The van der Waals surface area contributed by atoms with Crippen molar-refractivity contribution in [3.63, 3.8) is 0 Å². The van der Waals surface area contributed by atoms with Crippen LogP contribution in [0.15, 0.2) is 59.8 Å². The van der Waals surface area contributed by atoms with E-state index in [9.17, 15) is 4.79 Å². The standard InChI is InChI=1S/C25H30N4OS/c1-18-13-15-22(16-14-18)26-24(30)19(2)31-25-28-27-23(21-11-7-4-8-12-21)29(25)17-20-9-5-3-6-10-20/h3,5-6,9-10,13-16,19,21H,4,7-8,11-12,17H2,1-2H3,(H,26,30). The number of hydrogen-bond acceptors (Lipinski definition) is 4. The topological polar surface area (TPSA) is 59.8 Å². The van der Waals surface area contributed by atoms with Gasteiger partial charge >= 0.3 is 0 Å². The second-order valence-corrected chi connectivity index (χ2v) is 9.67. The van der Waals surface area contributed by atoms with E-state index in [1.807, 2.05) is 44.2 Å². The van der Waals surface area contributed by atoms with Crippen LogP contribution in [0, 0.1) is 6.92 Å². The molecule has 1 N–H and O–H groups in total. The molecule has 1 heterocycles. The lowest BCUT2D eigenvalue weighted by molar-refractivity contribution is -0.115. The molecule has 1 aliphatic carbocycles. The van der Waals surface area contributed by atoms with Crippen molar-refractivity contribution in [3.8, 4) is 0 Å². The zero-order valence-electron chi connectivity index (χ0n) is 18.3. The minimum Gasteiger partial charge on any atom is -0.325 e. The van der Waals surface area contributed by atoms with Gasteiger partial charge in [-0.2, -0.15) is 0 Å². The molecule has 6 heteroatoms. The highest BCUT2D eigenvalue weighted by atomic mass is 32.2. The summed E-state index contributed by atoms with van der Waals surface area (Å²) in [7, 11) is 0. The summed E-state index contributed by atoms with van der Waals surface area (Å²) in [5.41, 5.74) is 3.21. The van der Waals surface area contributed by atoms with Gasteiger partial charge in [-0.1, -0.05) is 79.1 Å². The van der Waals surface area contributed by atoms with Crippen LogP contribution in [-0.4, -0.2) is 25.9 Å². The van der Waals surface area contributed by atoms with Gasteiger partial charge in [0.2, 0.25) is 5.91 Å². The molecule has 0 radical (unpaired) electrons. The maximum atomic E-state index is 12.8. The molecular formula is C25H30N4OS. The van der Waals surface area contributed by atoms with E-state index in [2.05, 4.69) is 44.3 Å². The Morgan fingerprint density at radius 1 is 1.06 bits per heavy atom. The Morgan fingerprint density at radius 3 is 2.48 bits per heavy atom. The fourth-order valence-electron chi connectivity index (χ4n) is 4.06. The monoisotopic (exact) mass is 434 g/mol. The summed E-state index contributed by atoms with van der Waals surface area (Å²) >= 11 is 1.48. The van der Waals surface area contributed by atoms with Crippen molar-refractivity contribution < 1.29 is 4.79 Å². The van der Waals surface area contributed by atoms with Gasteiger partial charge in [-0.05, 0) is 44.4 Å². The third-order valence-electron chi connectivity index (χ3n) is 5.87. The summed E-state index contributed by atoms with van der Waals surface area (Å²) in [6.07, 6.45) is 6.14. The number of rotatable bonds is 7. The van der Waals surface area contributed by atoms with Crippen molar-refractivity contribution in [1.82, 2.24) is 14.8 Å². The average Bonchev–Trinajstić information content (AvgIpc) is 3.18. The molecule has 1 aromatic heterocycles. The average molecular weight is 435 g/mol. The van der Waals surface area contributed by atoms with Crippen LogP contribution in [0.5, 0.6) is 0 Å². The quantitative estimate of drug-likeness (QED) is 0.477. The second-order valence-electron chi connectivity index (χ2n) is 8.36. The van der Waals surface area contributed by atoms with Gasteiger partial charge < -0.3 is 9.88 Å². The highest BCUT2D eigenvalue weighted by Gasteiger charge is 2.25. The van der Waals surface area contributed by atoms with Crippen molar-refractivity contribution in [2.24, 2.45) is 0 Å². The fraction of sp³-hybridized carbons (Fsp3) is 0.400. The first-order valence-electron chi connectivity index (χ1n) is 11.1. The predicted octanol–water partition coefficient (Wildman–Crippen LogP) is 5.80. The summed E-state index contributed by atoms with van der Waals surface area (Å²) in [4.78, 5) is 12.8. The molecule has 1 saturated carbocycles. The molecule has 1 unspecified atom stereocenters. The van der Waals surface area contributed by atoms with Gasteiger partial charge in [0.25, 0.3) is 0 Å². The molecule has 1 aliphatic rings. The van der Waals surface area contributed by atoms with E-state index in [1.54, 1.807) is 0 Å². The van der Waals surface area contributed by atoms with Crippen LogP contribution in [-0.2, 0) is 11.3 Å². The number of aryl methyl sites for hydroxylation is 1. The zero-order chi connectivity index (χ0) is 21.6. The lowest BCUT2D eigenvalue weighted by Gasteiger charge is -2.22. The van der Waals surface area contributed by atoms with Crippen LogP contribution in [0.25, 0.3) is 0 Å². The van der Waals surface area contributed by atoms with Crippen molar-refractivity contribution in [2.75, 3.05) is 5.32 Å². The Hall–Kier alpha value is -2.60. The largest absolute Gasteiger partial charge is 0.325 e. The molecule has 0 aliphatic heterocycles. The van der Waals surface area contributed by atoms with Crippen LogP contribution >= 0.6 is 11.8 Å². The molecular weight excluding hydrogens is 404 g/mol. The smallest absolute Gasteiger partial charge is 0.237 e. The number of anilines is 1. The van der Waals surface area contributed by atoms with Crippen LogP contribution in [0.3, 0.4) is 0 Å². The van der Waals surface area contributed by atoms with Crippen molar-refractivity contribution in [3.05, 3.63) is 71.5 Å². The molecule has 4 rings (SSSR count). The normalized spacial score (nSPS) is 15.5. The number of benzene rings is 2. The number of carbonyl (C=O) groups is 1. The first-order chi connectivity index (χ1) is 15.1. The minimum atomic E-state index is -0.278. The summed E-state index contributed by atoms with van der Waals surface area (Å²) < 4.78 is 2.23. The van der Waals surface area contributed by atoms with Gasteiger partial charge in [0.15, 0.2) is 5.16 Å². The van der Waals surface area contributed by atoms with Gasteiger partial charge in [-0.15, -0.1) is 10.2 Å². The number of aromatic nitrogens is 3. The van der Waals surface area contributed by atoms with E-state index >= 15 is 0 Å². The Balaban J connectivity index is 1.52. The van der Waals surface area contributed by atoms with Gasteiger partial charge in [-0.25, -0.2) is 0 Å². The number of hydrogen-bond donors (Lipinski definition) is 1. The molecule has 31 heavy (non-hydrogen) atoms. The molecule has 1 fully saturated rings. The Labute approximate surface area is 188 Å². The summed E-state index contributed by atoms with van der Waals surface area (Å²) in [5, 5.41) is 12.7. The van der Waals surface area contributed by atoms with Crippen LogP contribution in [0.2, 0.25) is 0 Å². The van der Waals surface area contributed by atoms with Crippen molar-refractivity contribution >= 4 is 23.4 Å². The number of nitrogens with one attached hydrogen (secondary N) is 1. The first-order valence-corrected chi connectivity index (χ1v) is 12.0. The van der Waals surface area contributed by atoms with Crippen LogP contribution in [0.1, 0.15) is 61.9 Å². The Kier molecular flexibility index (Phi) is 7.07. The number of amides is 1. The van der Waals surface area contributed by atoms with Gasteiger partial charge in [0.05, 0.1) is 11.8 Å². The number of carbonyl (C=O) groups excluding carboxylic acids is 1. The van der Waals surface area contributed by atoms with E-state index in [-0.39, 0.29) is 11.2 Å². The molecule has 1 amide bonds. The Bertz CT molecular complexity index is 994. The highest BCUT2D eigenvalue weighted by Crippen LogP contribution is 2.34. The van der Waals surface area contributed by atoms with Gasteiger partial charge in [0.1, 0.15) is 5.82 Å².